The van der Waals surface area contributed by atoms with Crippen molar-refractivity contribution in [2.45, 2.75) is 31.1 Å². The Morgan fingerprint density at radius 1 is 1.39 bits per heavy atom. The number of esters is 1. The van der Waals surface area contributed by atoms with Crippen molar-refractivity contribution in [3.63, 3.8) is 0 Å². The molecule has 144 valence electrons. The number of thiophene rings is 1. The van der Waals surface area contributed by atoms with Crippen molar-refractivity contribution in [1.29, 1.82) is 0 Å². The molecule has 0 saturated heterocycles. The van der Waals surface area contributed by atoms with Crippen LogP contribution in [0.4, 0.5) is 17.2 Å². The van der Waals surface area contributed by atoms with Crippen LogP contribution in [0.15, 0.2) is 29.4 Å². The van der Waals surface area contributed by atoms with E-state index in [2.05, 4.69) is 31.6 Å². The lowest BCUT2D eigenvalue weighted by Crippen LogP contribution is -2.23. The van der Waals surface area contributed by atoms with Crippen LogP contribution in [-0.2, 0) is 22.4 Å². The number of fused-ring (bicyclic) bond motifs is 4. The molecule has 7 nitrogen and oxygen atoms in total. The monoisotopic (exact) mass is 413 g/mol. The van der Waals surface area contributed by atoms with Crippen LogP contribution >= 0.6 is 23.3 Å². The third-order valence-electron chi connectivity index (χ3n) is 5.06. The van der Waals surface area contributed by atoms with Crippen LogP contribution in [0.5, 0.6) is 0 Å². The largest absolute Gasteiger partial charge is 0.466 e. The number of nitrogens with zero attached hydrogens (tertiary/aromatic N) is 2. The summed E-state index contributed by atoms with van der Waals surface area (Å²) < 4.78 is 5.22. The molecule has 0 saturated carbocycles. The Bertz CT molecular complexity index is 1070. The minimum absolute atomic E-state index is 0.0568. The van der Waals surface area contributed by atoms with Gasteiger partial charge in [0.2, 0.25) is 0 Å². The molecule has 0 bridgehead atoms. The van der Waals surface area contributed by atoms with Gasteiger partial charge in [-0.05, 0) is 61.9 Å². The summed E-state index contributed by atoms with van der Waals surface area (Å²) in [4.78, 5) is 27.5. The number of anilines is 3. The van der Waals surface area contributed by atoms with E-state index in [0.29, 0.717) is 6.61 Å². The molecule has 3 aromatic rings. The molecule has 0 fully saturated rings. The predicted molar refractivity (Wildman–Crippen MR) is 112 cm³/mol. The molecule has 3 heterocycles. The average Bonchev–Trinajstić information content (AvgIpc) is 3.31. The molecule has 0 spiro atoms. The predicted octanol–water partition coefficient (Wildman–Crippen LogP) is 4.04. The van der Waals surface area contributed by atoms with Gasteiger partial charge in [0, 0.05) is 10.6 Å². The molecule has 0 radical (unpaired) electrons. The highest BCUT2D eigenvalue weighted by atomic mass is 32.2. The van der Waals surface area contributed by atoms with Crippen molar-refractivity contribution in [1.82, 2.24) is 14.8 Å². The summed E-state index contributed by atoms with van der Waals surface area (Å²) in [6.45, 7) is 2.28. The van der Waals surface area contributed by atoms with Gasteiger partial charge in [0.15, 0.2) is 0 Å². The molecule has 1 aromatic carbocycles. The molecule has 1 aliphatic heterocycles. The van der Waals surface area contributed by atoms with Crippen molar-refractivity contribution in [3.8, 4) is 0 Å². The number of hydrazine groups is 1. The lowest BCUT2D eigenvalue weighted by Gasteiger charge is -2.20. The van der Waals surface area contributed by atoms with E-state index in [1.807, 2.05) is 19.1 Å². The zero-order valence-electron chi connectivity index (χ0n) is 15.2. The summed E-state index contributed by atoms with van der Waals surface area (Å²) in [5.41, 5.74) is 6.42. The maximum absolute atomic E-state index is 12.2. The zero-order valence-corrected chi connectivity index (χ0v) is 16.9. The highest BCUT2D eigenvalue weighted by Gasteiger charge is 2.30. The van der Waals surface area contributed by atoms with E-state index >= 15 is 0 Å². The van der Waals surface area contributed by atoms with Gasteiger partial charge in [-0.2, -0.15) is 4.83 Å². The summed E-state index contributed by atoms with van der Waals surface area (Å²) >= 11 is 3.21. The Hall–Kier alpha value is -2.36. The normalized spacial score (nSPS) is 17.7. The second kappa shape index (κ2) is 7.23. The third kappa shape index (κ3) is 3.09. The molecule has 0 amide bonds. The number of nitrogens with one attached hydrogen (secondary N) is 3. The van der Waals surface area contributed by atoms with Crippen LogP contribution in [0.25, 0.3) is 10.2 Å². The number of hydrogen-bond acceptors (Lipinski definition) is 9. The van der Waals surface area contributed by atoms with Crippen molar-refractivity contribution in [3.05, 3.63) is 35.0 Å². The lowest BCUT2D eigenvalue weighted by atomic mass is 9.88. The second-order valence-electron chi connectivity index (χ2n) is 6.76. The quantitative estimate of drug-likeness (QED) is 0.436. The van der Waals surface area contributed by atoms with Crippen LogP contribution in [0.3, 0.4) is 0 Å². The average molecular weight is 414 g/mol. The number of hydrogen-bond donors (Lipinski definition) is 3. The fourth-order valence-electron chi connectivity index (χ4n) is 3.73. The molecule has 0 unspecified atom stereocenters. The van der Waals surface area contributed by atoms with Crippen molar-refractivity contribution in [2.75, 3.05) is 17.3 Å². The highest BCUT2D eigenvalue weighted by molar-refractivity contribution is 7.98. The first-order valence-electron chi connectivity index (χ1n) is 9.23. The maximum atomic E-state index is 12.2. The first-order valence-corrected chi connectivity index (χ1v) is 10.9. The number of benzene rings is 1. The number of aryl methyl sites for hydroxylation is 1. The van der Waals surface area contributed by atoms with Crippen LogP contribution in [0, 0.1) is 5.92 Å². The van der Waals surface area contributed by atoms with Crippen LogP contribution in [0.1, 0.15) is 23.8 Å². The van der Waals surface area contributed by atoms with Crippen LogP contribution < -0.4 is 15.6 Å². The minimum Gasteiger partial charge on any atom is -0.466 e. The summed E-state index contributed by atoms with van der Waals surface area (Å²) in [7, 11) is 0. The number of rotatable bonds is 4. The van der Waals surface area contributed by atoms with Crippen molar-refractivity contribution < 1.29 is 9.53 Å². The second-order valence-corrected chi connectivity index (χ2v) is 8.69. The first-order chi connectivity index (χ1) is 13.7. The van der Waals surface area contributed by atoms with E-state index in [1.165, 1.54) is 10.4 Å². The molecule has 1 atom stereocenters. The van der Waals surface area contributed by atoms with Gasteiger partial charge in [-0.25, -0.2) is 9.97 Å². The van der Waals surface area contributed by atoms with Gasteiger partial charge in [0.05, 0.1) is 28.5 Å². The Balaban J connectivity index is 1.47. The van der Waals surface area contributed by atoms with Crippen molar-refractivity contribution >= 4 is 56.7 Å². The number of carbonyl (C=O) groups is 1. The van der Waals surface area contributed by atoms with E-state index in [-0.39, 0.29) is 11.9 Å². The van der Waals surface area contributed by atoms with Gasteiger partial charge >= 0.3 is 5.97 Å². The zero-order chi connectivity index (χ0) is 19.1. The van der Waals surface area contributed by atoms with E-state index in [9.17, 15) is 4.79 Å². The number of aromatic nitrogens is 2. The molecular weight excluding hydrogens is 394 g/mol. The molecule has 2 aliphatic rings. The molecule has 2 aromatic heterocycles. The Morgan fingerprint density at radius 3 is 3.21 bits per heavy atom. The first kappa shape index (κ1) is 17.7. The SMILES string of the molecule is CCOC(=O)[C@H]1CCc2c(sc3ncnc(Nc4ccc5c(c4)SNN5)c23)C1. The van der Waals surface area contributed by atoms with E-state index in [1.54, 1.807) is 29.6 Å². The van der Waals surface area contributed by atoms with Gasteiger partial charge in [-0.3, -0.25) is 4.79 Å². The maximum Gasteiger partial charge on any atom is 0.309 e. The summed E-state index contributed by atoms with van der Waals surface area (Å²) in [5.74, 6) is 0.674. The summed E-state index contributed by atoms with van der Waals surface area (Å²) in [6.07, 6.45) is 3.97. The smallest absolute Gasteiger partial charge is 0.309 e. The van der Waals surface area contributed by atoms with E-state index < -0.39 is 0 Å². The van der Waals surface area contributed by atoms with Crippen molar-refractivity contribution in [2.24, 2.45) is 5.92 Å². The van der Waals surface area contributed by atoms with Gasteiger partial charge < -0.3 is 15.5 Å². The molecule has 1 aliphatic carbocycles. The Labute approximate surface area is 170 Å². The third-order valence-corrected chi connectivity index (χ3v) is 6.98. The van der Waals surface area contributed by atoms with Crippen LogP contribution in [-0.4, -0.2) is 22.5 Å². The van der Waals surface area contributed by atoms with Gasteiger partial charge in [0.1, 0.15) is 17.0 Å². The molecule has 3 N–H and O–H groups in total. The fourth-order valence-corrected chi connectivity index (χ4v) is 5.68. The van der Waals surface area contributed by atoms with Gasteiger partial charge in [-0.15, -0.1) is 11.3 Å². The molecule has 9 heteroatoms. The Morgan fingerprint density at radius 2 is 2.32 bits per heavy atom. The van der Waals surface area contributed by atoms with E-state index in [0.717, 1.165) is 51.6 Å². The molecule has 5 rings (SSSR count). The van der Waals surface area contributed by atoms with Gasteiger partial charge in [-0.1, -0.05) is 0 Å². The molecular formula is C19H19N5O2S2. The number of carbonyl (C=O) groups excluding carboxylic acids is 1. The molecule has 28 heavy (non-hydrogen) atoms. The van der Waals surface area contributed by atoms with E-state index in [4.69, 9.17) is 4.74 Å². The Kier molecular flexibility index (Phi) is 4.58. The lowest BCUT2D eigenvalue weighted by molar-refractivity contribution is -0.148. The van der Waals surface area contributed by atoms with Crippen LogP contribution in [0.2, 0.25) is 0 Å². The topological polar surface area (TPSA) is 88.2 Å². The van der Waals surface area contributed by atoms with Gasteiger partial charge in [0.25, 0.3) is 0 Å². The standard InChI is InChI=1S/C19H19N5O2S2/c1-2-26-19(25)10-3-5-12-14(7-10)27-18-16(12)17(20-9-21-18)22-11-4-6-13-15(8-11)28-24-23-13/h4,6,8-10,23-24H,2-3,5,7H2,1H3,(H,20,21,22)/t10-/m0/s1. The fraction of sp³-hybridized carbons (Fsp3) is 0.316. The highest BCUT2D eigenvalue weighted by Crippen LogP contribution is 2.41. The summed E-state index contributed by atoms with van der Waals surface area (Å²) in [5, 5.41) is 4.54. The summed E-state index contributed by atoms with van der Waals surface area (Å²) in [6, 6.07) is 6.16. The minimum atomic E-state index is -0.0899. The number of ether oxygens (including phenoxy) is 1.